The van der Waals surface area contributed by atoms with Gasteiger partial charge in [0.15, 0.2) is 0 Å². The minimum absolute atomic E-state index is 0. The molecule has 0 saturated carbocycles. The van der Waals surface area contributed by atoms with E-state index in [1.165, 1.54) is 0 Å². The molecule has 4 heteroatoms. The lowest BCUT2D eigenvalue weighted by Crippen LogP contribution is -1.69. The van der Waals surface area contributed by atoms with Crippen LogP contribution < -0.4 is 0 Å². The molecule has 0 bridgehead atoms. The van der Waals surface area contributed by atoms with E-state index < -0.39 is 6.22 Å². The number of carbonyl (C=O) groups is 1. The van der Waals surface area contributed by atoms with E-state index in [1.807, 2.05) is 0 Å². The lowest BCUT2D eigenvalue weighted by atomic mass is 11.5. The van der Waals surface area contributed by atoms with Crippen LogP contribution in [0.15, 0.2) is 0 Å². The molecule has 0 spiro atoms. The van der Waals surface area contributed by atoms with Crippen LogP contribution in [-0.4, -0.2) is 11.3 Å². The van der Waals surface area contributed by atoms with Crippen LogP contribution in [0.1, 0.15) is 0 Å². The Balaban J connectivity index is 0. The molecule has 0 rings (SSSR count). The van der Waals surface area contributed by atoms with Gasteiger partial charge >= 0.3 is 6.22 Å². The van der Waals surface area contributed by atoms with Gasteiger partial charge in [0.05, 0.1) is 0 Å². The maximum absolute atomic E-state index is 9.92. The van der Waals surface area contributed by atoms with Crippen LogP contribution in [0.5, 0.6) is 0 Å². The molecular weight excluding hydrogens is 143 g/mol. The van der Waals surface area contributed by atoms with Crippen molar-refractivity contribution < 1.29 is 14.3 Å². The van der Waals surface area contributed by atoms with Gasteiger partial charge in [-0.15, -0.1) is 21.4 Å². The fourth-order valence-corrected chi connectivity index (χ4v) is 0. The van der Waals surface area contributed by atoms with Crippen LogP contribution in [0, 0.1) is 0 Å². The quantitative estimate of drug-likeness (QED) is 0.520. The highest BCUT2D eigenvalue weighted by molar-refractivity contribution is 8.93. The molecule has 5 heavy (non-hydrogen) atoms. The van der Waals surface area contributed by atoms with E-state index >= 15 is 0 Å². The predicted molar refractivity (Wildman–Crippen MR) is 19.5 cm³/mol. The normalized spacial score (nSPS) is 5.00. The molecule has 0 saturated heterocycles. The highest BCUT2D eigenvalue weighted by Crippen LogP contribution is 1.58. The molecule has 0 aliphatic heterocycles. The minimum atomic E-state index is -2.33. The third-order valence-electron chi connectivity index (χ3n) is 0. The summed E-state index contributed by atoms with van der Waals surface area (Å²) in [5.74, 6) is 0. The van der Waals surface area contributed by atoms with Gasteiger partial charge in [-0.05, 0) is 0 Å². The van der Waals surface area contributed by atoms with E-state index in [0.717, 1.165) is 0 Å². The fraction of sp³-hybridized carbons (Fsp3) is 0. The van der Waals surface area contributed by atoms with Crippen LogP contribution in [0.2, 0.25) is 0 Å². The summed E-state index contributed by atoms with van der Waals surface area (Å²) in [4.78, 5) is 8.33. The Morgan fingerprint density at radius 2 is 1.80 bits per heavy atom. The number of halogens is 2. The molecule has 0 atom stereocenters. The number of hydrogen-bond acceptors (Lipinski definition) is 1. The average molecular weight is 145 g/mol. The molecule has 0 heterocycles. The van der Waals surface area contributed by atoms with E-state index in [-0.39, 0.29) is 17.0 Å². The van der Waals surface area contributed by atoms with Crippen molar-refractivity contribution in [3.05, 3.63) is 0 Å². The molecule has 0 aliphatic carbocycles. The minimum Gasteiger partial charge on any atom is -0.456 e. The standard InChI is InChI=1S/CHFO2.BrH/c2-1(3)4;/h(H,3,4);1H. The summed E-state index contributed by atoms with van der Waals surface area (Å²) in [5.41, 5.74) is 0. The van der Waals surface area contributed by atoms with Crippen molar-refractivity contribution in [1.82, 2.24) is 0 Å². The monoisotopic (exact) mass is 144 g/mol. The summed E-state index contributed by atoms with van der Waals surface area (Å²) in [7, 11) is 0. The third kappa shape index (κ3) is 952. The molecule has 0 aliphatic rings. The molecule has 2 nitrogen and oxygen atoms in total. The summed E-state index contributed by atoms with van der Waals surface area (Å²) in [5, 5.41) is 6.75. The first-order valence-corrected chi connectivity index (χ1v) is 0.617. The maximum Gasteiger partial charge on any atom is 0.492 e. The number of hydrogen-bond donors (Lipinski definition) is 1. The van der Waals surface area contributed by atoms with Gasteiger partial charge in [-0.25, -0.2) is 4.79 Å². The summed E-state index contributed by atoms with van der Waals surface area (Å²) < 4.78 is 9.92. The van der Waals surface area contributed by atoms with Gasteiger partial charge in [-0.3, -0.25) is 0 Å². The molecule has 0 fully saturated rings. The van der Waals surface area contributed by atoms with Gasteiger partial charge in [-0.2, -0.15) is 0 Å². The molecule has 32 valence electrons. The Labute approximate surface area is 38.4 Å². The summed E-state index contributed by atoms with van der Waals surface area (Å²) in [6.07, 6.45) is -2.33. The number of rotatable bonds is 0. The zero-order chi connectivity index (χ0) is 3.58. The van der Waals surface area contributed by atoms with Crippen molar-refractivity contribution in [2.24, 2.45) is 0 Å². The summed E-state index contributed by atoms with van der Waals surface area (Å²) in [6, 6.07) is 0. The van der Waals surface area contributed by atoms with Gasteiger partial charge in [0.1, 0.15) is 0 Å². The second-order valence-corrected chi connectivity index (χ2v) is 0.253. The van der Waals surface area contributed by atoms with E-state index in [1.54, 1.807) is 0 Å². The predicted octanol–water partition coefficient (Wildman–Crippen LogP) is 1.21. The highest BCUT2D eigenvalue weighted by Gasteiger charge is 1.74. The first kappa shape index (κ1) is 8.86. The van der Waals surface area contributed by atoms with E-state index in [4.69, 9.17) is 9.90 Å². The molecule has 0 amide bonds. The van der Waals surface area contributed by atoms with Crippen LogP contribution in [0.25, 0.3) is 0 Å². The lowest BCUT2D eigenvalue weighted by Gasteiger charge is -1.53. The smallest absolute Gasteiger partial charge is 0.456 e. The van der Waals surface area contributed by atoms with Crippen molar-refractivity contribution in [3.8, 4) is 0 Å². The second-order valence-electron chi connectivity index (χ2n) is 0.253. The van der Waals surface area contributed by atoms with E-state index in [0.29, 0.717) is 0 Å². The molecule has 0 aromatic carbocycles. The zero-order valence-corrected chi connectivity index (χ0v) is 3.85. The van der Waals surface area contributed by atoms with E-state index in [9.17, 15) is 4.39 Å². The lowest BCUT2D eigenvalue weighted by molar-refractivity contribution is 0.169. The van der Waals surface area contributed by atoms with Crippen LogP contribution in [0.4, 0.5) is 9.18 Å². The Kier molecular flexibility index (Phi) is 6.87. The van der Waals surface area contributed by atoms with Gasteiger partial charge in [0, 0.05) is 0 Å². The largest absolute Gasteiger partial charge is 0.492 e. The Bertz CT molecular complexity index is 32.6. The molecule has 0 radical (unpaired) electrons. The zero-order valence-electron chi connectivity index (χ0n) is 2.14. The van der Waals surface area contributed by atoms with Crippen LogP contribution in [0.3, 0.4) is 0 Å². The molecule has 0 aromatic rings. The van der Waals surface area contributed by atoms with Crippen molar-refractivity contribution in [1.29, 1.82) is 0 Å². The Morgan fingerprint density at radius 3 is 1.80 bits per heavy atom. The van der Waals surface area contributed by atoms with Crippen LogP contribution in [-0.2, 0) is 0 Å². The van der Waals surface area contributed by atoms with Gasteiger partial charge in [0.25, 0.3) is 0 Å². The van der Waals surface area contributed by atoms with Crippen LogP contribution >= 0.6 is 17.0 Å². The second kappa shape index (κ2) is 3.88. The first-order valence-electron chi connectivity index (χ1n) is 0.617. The summed E-state index contributed by atoms with van der Waals surface area (Å²) >= 11 is 0. The molecule has 0 unspecified atom stereocenters. The third-order valence-corrected chi connectivity index (χ3v) is 0. The molecule has 0 aromatic heterocycles. The first-order chi connectivity index (χ1) is 1.73. The fourth-order valence-electron chi connectivity index (χ4n) is 0. The number of carboxylic acid groups (broad SMARTS) is 1. The van der Waals surface area contributed by atoms with Crippen molar-refractivity contribution in [3.63, 3.8) is 0 Å². The van der Waals surface area contributed by atoms with Gasteiger partial charge < -0.3 is 5.11 Å². The van der Waals surface area contributed by atoms with Crippen molar-refractivity contribution in [2.45, 2.75) is 0 Å². The molecular formula is CH2BrFO2. The van der Waals surface area contributed by atoms with Gasteiger partial charge in [-0.1, -0.05) is 0 Å². The Morgan fingerprint density at radius 1 is 1.80 bits per heavy atom. The average Bonchev–Trinajstić information content (AvgIpc) is 0.811. The van der Waals surface area contributed by atoms with Crippen molar-refractivity contribution in [2.75, 3.05) is 0 Å². The molecule has 1 N–H and O–H groups in total. The highest BCUT2D eigenvalue weighted by atomic mass is 79.9. The van der Waals surface area contributed by atoms with Crippen molar-refractivity contribution >= 4 is 23.2 Å². The SMILES string of the molecule is Br.O=C(O)F. The Hall–Kier alpha value is -0.120. The maximum atomic E-state index is 9.92. The van der Waals surface area contributed by atoms with E-state index in [2.05, 4.69) is 0 Å². The van der Waals surface area contributed by atoms with Gasteiger partial charge in [0.2, 0.25) is 0 Å². The summed E-state index contributed by atoms with van der Waals surface area (Å²) in [6.45, 7) is 0. The topological polar surface area (TPSA) is 37.3 Å².